The van der Waals surface area contributed by atoms with E-state index in [4.69, 9.17) is 5.11 Å². The van der Waals surface area contributed by atoms with Crippen LogP contribution in [0.25, 0.3) is 21.3 Å². The van der Waals surface area contributed by atoms with Crippen molar-refractivity contribution in [2.45, 2.75) is 24.3 Å². The largest absolute Gasteiger partial charge is 0.481 e. The van der Waals surface area contributed by atoms with Gasteiger partial charge in [0.2, 0.25) is 5.91 Å². The molecule has 1 aromatic carbocycles. The van der Waals surface area contributed by atoms with Crippen LogP contribution in [0, 0.1) is 11.7 Å². The molecular weight excluding hydrogens is 425 g/mol. The first-order valence-electron chi connectivity index (χ1n) is 9.64. The lowest BCUT2D eigenvalue weighted by Crippen LogP contribution is -2.40. The van der Waals surface area contributed by atoms with E-state index < -0.39 is 5.97 Å². The molecule has 1 amide bonds. The number of aromatic nitrogens is 2. The number of nitrogens with zero attached hydrogens (tertiary/aromatic N) is 3. The van der Waals surface area contributed by atoms with Gasteiger partial charge in [0.05, 0.1) is 11.3 Å². The van der Waals surface area contributed by atoms with Gasteiger partial charge in [-0.25, -0.2) is 14.4 Å². The van der Waals surface area contributed by atoms with Gasteiger partial charge in [-0.1, -0.05) is 12.1 Å². The van der Waals surface area contributed by atoms with Crippen LogP contribution in [0.2, 0.25) is 0 Å². The Bertz CT molecular complexity index is 1060. The lowest BCUT2D eigenvalue weighted by Gasteiger charge is -2.30. The second-order valence-corrected chi connectivity index (χ2v) is 9.05. The third kappa shape index (κ3) is 4.46. The van der Waals surface area contributed by atoms with Gasteiger partial charge >= 0.3 is 5.97 Å². The van der Waals surface area contributed by atoms with E-state index in [0.717, 1.165) is 26.4 Å². The minimum Gasteiger partial charge on any atom is -0.481 e. The van der Waals surface area contributed by atoms with Crippen molar-refractivity contribution in [3.63, 3.8) is 0 Å². The molecule has 6 nitrogen and oxygen atoms in total. The van der Waals surface area contributed by atoms with Crippen molar-refractivity contribution in [2.75, 3.05) is 18.8 Å². The molecule has 3 heterocycles. The number of carboxylic acids is 1. The van der Waals surface area contributed by atoms with Crippen molar-refractivity contribution >= 4 is 45.2 Å². The number of hydrogen-bond acceptors (Lipinski definition) is 6. The molecule has 0 atom stereocenters. The van der Waals surface area contributed by atoms with Crippen molar-refractivity contribution in [3.8, 4) is 11.1 Å². The molecular formula is C21H20FN3O3S2. The SMILES string of the molecule is O=C(O)C1CCN(C(=O)CCSc2ncnc3scc(-c4ccc(F)cc4)c23)CC1. The molecule has 1 N–H and O–H groups in total. The van der Waals surface area contributed by atoms with Crippen LogP contribution in [-0.4, -0.2) is 50.7 Å². The lowest BCUT2D eigenvalue weighted by atomic mass is 9.97. The third-order valence-corrected chi connectivity index (χ3v) is 7.12. The predicted molar refractivity (Wildman–Crippen MR) is 115 cm³/mol. The van der Waals surface area contributed by atoms with Gasteiger partial charge in [-0.3, -0.25) is 9.59 Å². The number of halogens is 1. The predicted octanol–water partition coefficient (Wildman–Crippen LogP) is 4.30. The Morgan fingerprint density at radius 3 is 2.63 bits per heavy atom. The van der Waals surface area contributed by atoms with Crippen LogP contribution in [0.5, 0.6) is 0 Å². The molecule has 1 aliphatic heterocycles. The maximum absolute atomic E-state index is 13.3. The molecule has 0 saturated carbocycles. The number of aliphatic carboxylic acids is 1. The minimum absolute atomic E-state index is 0.0423. The van der Waals surface area contributed by atoms with Gasteiger partial charge in [-0.2, -0.15) is 0 Å². The summed E-state index contributed by atoms with van der Waals surface area (Å²) >= 11 is 3.01. The zero-order chi connectivity index (χ0) is 21.1. The average molecular weight is 446 g/mol. The molecule has 1 aliphatic rings. The van der Waals surface area contributed by atoms with E-state index >= 15 is 0 Å². The Morgan fingerprint density at radius 1 is 1.20 bits per heavy atom. The molecule has 4 rings (SSSR count). The Hall–Kier alpha value is -2.52. The highest BCUT2D eigenvalue weighted by atomic mass is 32.2. The number of thioether (sulfide) groups is 1. The fourth-order valence-electron chi connectivity index (χ4n) is 3.57. The number of fused-ring (bicyclic) bond motifs is 1. The van der Waals surface area contributed by atoms with E-state index in [-0.39, 0.29) is 17.6 Å². The maximum atomic E-state index is 13.3. The quantitative estimate of drug-likeness (QED) is 0.450. The first-order chi connectivity index (χ1) is 14.5. The zero-order valence-electron chi connectivity index (χ0n) is 16.1. The summed E-state index contributed by atoms with van der Waals surface area (Å²) < 4.78 is 13.3. The number of carbonyl (C=O) groups is 2. The number of thiophene rings is 1. The lowest BCUT2D eigenvalue weighted by molar-refractivity contribution is -0.145. The van der Waals surface area contributed by atoms with Crippen LogP contribution in [0.3, 0.4) is 0 Å². The first kappa shape index (κ1) is 20.7. The number of benzene rings is 1. The van der Waals surface area contributed by atoms with Gasteiger partial charge in [0.1, 0.15) is 22.0 Å². The number of rotatable bonds is 6. The van der Waals surface area contributed by atoms with Gasteiger partial charge in [-0.15, -0.1) is 23.1 Å². The standard InChI is InChI=1S/C21H20FN3O3S2/c22-15-3-1-13(2-4-15)16-11-30-20-18(16)19(23-12-24-20)29-10-7-17(26)25-8-5-14(6-9-25)21(27)28/h1-4,11-12,14H,5-10H2,(H,27,28). The van der Waals surface area contributed by atoms with Gasteiger partial charge in [0.25, 0.3) is 0 Å². The van der Waals surface area contributed by atoms with E-state index in [0.29, 0.717) is 38.1 Å². The summed E-state index contributed by atoms with van der Waals surface area (Å²) in [7, 11) is 0. The number of piperidine rings is 1. The van der Waals surface area contributed by atoms with Crippen LogP contribution in [0.4, 0.5) is 4.39 Å². The van der Waals surface area contributed by atoms with Crippen LogP contribution in [0.1, 0.15) is 19.3 Å². The van der Waals surface area contributed by atoms with Crippen molar-refractivity contribution < 1.29 is 19.1 Å². The van der Waals surface area contributed by atoms with Crippen LogP contribution >= 0.6 is 23.1 Å². The Kier molecular flexibility index (Phi) is 6.29. The van der Waals surface area contributed by atoms with Gasteiger partial charge in [0, 0.05) is 36.2 Å². The van der Waals surface area contributed by atoms with E-state index in [9.17, 15) is 14.0 Å². The van der Waals surface area contributed by atoms with Crippen molar-refractivity contribution in [2.24, 2.45) is 5.92 Å². The van der Waals surface area contributed by atoms with Crippen molar-refractivity contribution in [1.82, 2.24) is 14.9 Å². The molecule has 0 unspecified atom stereocenters. The molecule has 0 bridgehead atoms. The van der Waals surface area contributed by atoms with E-state index in [1.54, 1.807) is 17.0 Å². The molecule has 156 valence electrons. The van der Waals surface area contributed by atoms with E-state index in [2.05, 4.69) is 9.97 Å². The molecule has 1 saturated heterocycles. The van der Waals surface area contributed by atoms with Crippen LogP contribution in [-0.2, 0) is 9.59 Å². The molecule has 30 heavy (non-hydrogen) atoms. The molecule has 0 spiro atoms. The molecule has 2 aromatic heterocycles. The highest BCUT2D eigenvalue weighted by Gasteiger charge is 2.26. The van der Waals surface area contributed by atoms with Gasteiger partial charge < -0.3 is 10.0 Å². The second kappa shape index (κ2) is 9.09. The average Bonchev–Trinajstić information content (AvgIpc) is 3.19. The monoisotopic (exact) mass is 445 g/mol. The summed E-state index contributed by atoms with van der Waals surface area (Å²) in [4.78, 5) is 34.9. The Morgan fingerprint density at radius 2 is 1.93 bits per heavy atom. The van der Waals surface area contributed by atoms with Crippen molar-refractivity contribution in [3.05, 3.63) is 41.8 Å². The summed E-state index contributed by atoms with van der Waals surface area (Å²) in [5.41, 5.74) is 1.86. The fraction of sp³-hybridized carbons (Fsp3) is 0.333. The first-order valence-corrected chi connectivity index (χ1v) is 11.5. The summed E-state index contributed by atoms with van der Waals surface area (Å²) in [5.74, 6) is -0.794. The normalized spacial score (nSPS) is 14.9. The van der Waals surface area contributed by atoms with Crippen LogP contribution in [0.15, 0.2) is 41.0 Å². The fourth-order valence-corrected chi connectivity index (χ4v) is 5.49. The van der Waals surface area contributed by atoms with Crippen LogP contribution < -0.4 is 0 Å². The summed E-state index contributed by atoms with van der Waals surface area (Å²) in [5, 5.41) is 12.8. The Labute approximate surface area is 181 Å². The van der Waals surface area contributed by atoms with Gasteiger partial charge in [0.15, 0.2) is 0 Å². The smallest absolute Gasteiger partial charge is 0.306 e. The molecule has 9 heteroatoms. The van der Waals surface area contributed by atoms with Gasteiger partial charge in [-0.05, 0) is 30.5 Å². The Balaban J connectivity index is 1.42. The summed E-state index contributed by atoms with van der Waals surface area (Å²) in [6, 6.07) is 6.34. The molecule has 0 radical (unpaired) electrons. The number of hydrogen-bond donors (Lipinski definition) is 1. The summed E-state index contributed by atoms with van der Waals surface area (Å²) in [6.45, 7) is 0.995. The number of amides is 1. The molecule has 3 aromatic rings. The topological polar surface area (TPSA) is 83.4 Å². The third-order valence-electron chi connectivity index (χ3n) is 5.24. The van der Waals surface area contributed by atoms with Crippen molar-refractivity contribution in [1.29, 1.82) is 0 Å². The highest BCUT2D eigenvalue weighted by Crippen LogP contribution is 2.38. The van der Waals surface area contributed by atoms with E-state index in [1.807, 2.05) is 5.38 Å². The summed E-state index contributed by atoms with van der Waals surface area (Å²) in [6.07, 6.45) is 2.91. The maximum Gasteiger partial charge on any atom is 0.306 e. The molecule has 0 aliphatic carbocycles. The zero-order valence-corrected chi connectivity index (χ0v) is 17.7. The molecule has 1 fully saturated rings. The highest BCUT2D eigenvalue weighted by molar-refractivity contribution is 7.99. The minimum atomic E-state index is -0.779. The van der Waals surface area contributed by atoms with E-state index in [1.165, 1.54) is 41.6 Å². The number of carbonyl (C=O) groups excluding carboxylic acids is 1. The number of carboxylic acid groups (broad SMARTS) is 1. The number of likely N-dealkylation sites (tertiary alicyclic amines) is 1. The second-order valence-electron chi connectivity index (χ2n) is 7.11.